The lowest BCUT2D eigenvalue weighted by atomic mass is 10.2. The van der Waals surface area contributed by atoms with Gasteiger partial charge in [-0.15, -0.1) is 5.10 Å². The maximum absolute atomic E-state index is 12.1. The largest absolute Gasteiger partial charge is 0.434 e. The number of non-ortho nitro benzene ring substituents is 1. The van der Waals surface area contributed by atoms with E-state index in [4.69, 9.17) is 11.5 Å². The highest BCUT2D eigenvalue weighted by Crippen LogP contribution is 2.24. The molecule has 10 heteroatoms. The molecule has 1 rings (SSSR count). The van der Waals surface area contributed by atoms with Crippen molar-refractivity contribution < 1.29 is 18.4 Å². The van der Waals surface area contributed by atoms with Crippen LogP contribution in [-0.2, 0) is 0 Å². The lowest BCUT2D eigenvalue weighted by molar-refractivity contribution is -0.384. The second-order valence-corrected chi connectivity index (χ2v) is 3.13. The predicted octanol–water partition coefficient (Wildman–Crippen LogP) is 0.804. The van der Waals surface area contributed by atoms with Gasteiger partial charge in [-0.3, -0.25) is 10.1 Å². The van der Waals surface area contributed by atoms with E-state index in [9.17, 15) is 18.9 Å². The van der Waals surface area contributed by atoms with Gasteiger partial charge in [0.05, 0.1) is 11.1 Å². The lowest BCUT2D eigenvalue weighted by Gasteiger charge is -2.06. The van der Waals surface area contributed by atoms with Crippen molar-refractivity contribution >= 4 is 17.9 Å². The van der Waals surface area contributed by atoms with E-state index in [0.717, 1.165) is 24.4 Å². The molecule has 1 aromatic rings. The molecule has 0 heterocycles. The van der Waals surface area contributed by atoms with E-state index in [1.807, 2.05) is 0 Å². The second kappa shape index (κ2) is 6.23. The number of hydrogen-bond donors (Lipinski definition) is 2. The number of nitro groups is 1. The Hall–Kier alpha value is -2.78. The standard InChI is InChI=1S/C9H9F2N5O3/c10-8(11)19-7-2-1-6(16(17)18)3-5(7)4-14-15-9(12)13/h1-4,8H,(H4,12,13,15). The summed E-state index contributed by atoms with van der Waals surface area (Å²) < 4.78 is 28.5. The minimum absolute atomic E-state index is 0.0560. The molecule has 0 aliphatic carbocycles. The second-order valence-electron chi connectivity index (χ2n) is 3.13. The molecule has 0 aliphatic heterocycles. The van der Waals surface area contributed by atoms with E-state index in [1.165, 1.54) is 0 Å². The molecule has 0 radical (unpaired) electrons. The van der Waals surface area contributed by atoms with Crippen LogP contribution in [0.3, 0.4) is 0 Å². The Labute approximate surface area is 105 Å². The number of nitrogens with zero attached hydrogens (tertiary/aromatic N) is 3. The Morgan fingerprint density at radius 1 is 1.47 bits per heavy atom. The molecule has 4 N–H and O–H groups in total. The molecule has 1 aromatic carbocycles. The van der Waals surface area contributed by atoms with Gasteiger partial charge in [0, 0.05) is 17.7 Å². The van der Waals surface area contributed by atoms with Crippen LogP contribution in [0.2, 0.25) is 0 Å². The SMILES string of the molecule is NC(N)=NN=Cc1cc([N+](=O)[O-])ccc1OC(F)F. The molecule has 0 amide bonds. The van der Waals surface area contributed by atoms with Crippen molar-refractivity contribution in [1.29, 1.82) is 0 Å². The van der Waals surface area contributed by atoms with Gasteiger partial charge in [-0.1, -0.05) is 0 Å². The van der Waals surface area contributed by atoms with Crippen molar-refractivity contribution in [3.63, 3.8) is 0 Å². The Morgan fingerprint density at radius 2 is 2.16 bits per heavy atom. The van der Waals surface area contributed by atoms with Crippen molar-refractivity contribution in [1.82, 2.24) is 0 Å². The summed E-state index contributed by atoms with van der Waals surface area (Å²) in [5.74, 6) is -0.631. The maximum atomic E-state index is 12.1. The van der Waals surface area contributed by atoms with Gasteiger partial charge in [0.1, 0.15) is 5.75 Å². The van der Waals surface area contributed by atoms with Gasteiger partial charge in [-0.2, -0.15) is 13.9 Å². The van der Waals surface area contributed by atoms with Crippen LogP contribution in [0.5, 0.6) is 5.75 Å². The number of guanidine groups is 1. The van der Waals surface area contributed by atoms with Crippen LogP contribution in [0.1, 0.15) is 5.56 Å². The number of nitrogens with two attached hydrogens (primary N) is 2. The van der Waals surface area contributed by atoms with Crippen molar-refractivity contribution in [3.05, 3.63) is 33.9 Å². The number of nitro benzene ring substituents is 1. The zero-order chi connectivity index (χ0) is 14.4. The van der Waals surface area contributed by atoms with E-state index in [0.29, 0.717) is 0 Å². The van der Waals surface area contributed by atoms with E-state index in [1.54, 1.807) is 0 Å². The predicted molar refractivity (Wildman–Crippen MR) is 63.1 cm³/mol. The minimum atomic E-state index is -3.07. The summed E-state index contributed by atoms with van der Waals surface area (Å²) in [7, 11) is 0. The van der Waals surface area contributed by atoms with Crippen molar-refractivity contribution in [3.8, 4) is 5.75 Å². The Kier molecular flexibility index (Phi) is 4.69. The summed E-state index contributed by atoms with van der Waals surface area (Å²) in [4.78, 5) is 9.88. The number of benzene rings is 1. The molecule has 0 aromatic heterocycles. The molecule has 0 spiro atoms. The minimum Gasteiger partial charge on any atom is -0.434 e. The third-order valence-corrected chi connectivity index (χ3v) is 1.79. The summed E-state index contributed by atoms with van der Waals surface area (Å²) in [6.45, 7) is -3.07. The zero-order valence-corrected chi connectivity index (χ0v) is 9.36. The van der Waals surface area contributed by atoms with Gasteiger partial charge in [0.2, 0.25) is 5.96 Å². The molecular weight excluding hydrogens is 264 g/mol. The highest BCUT2D eigenvalue weighted by atomic mass is 19.3. The highest BCUT2D eigenvalue weighted by Gasteiger charge is 2.13. The first-order valence-electron chi connectivity index (χ1n) is 4.75. The first-order chi connectivity index (χ1) is 8.90. The Bertz CT molecular complexity index is 529. The molecule has 19 heavy (non-hydrogen) atoms. The molecule has 0 fully saturated rings. The molecule has 0 saturated heterocycles. The van der Waals surface area contributed by atoms with Crippen LogP contribution < -0.4 is 16.2 Å². The number of ether oxygens (including phenoxy) is 1. The van der Waals surface area contributed by atoms with Crippen molar-refractivity contribution in [2.45, 2.75) is 6.61 Å². The number of rotatable bonds is 5. The van der Waals surface area contributed by atoms with Gasteiger partial charge >= 0.3 is 6.61 Å². The Balaban J connectivity index is 3.14. The fraction of sp³-hybridized carbons (Fsp3) is 0.111. The van der Waals surface area contributed by atoms with E-state index in [2.05, 4.69) is 14.9 Å². The molecule has 0 bridgehead atoms. The van der Waals surface area contributed by atoms with Crippen molar-refractivity contribution in [2.75, 3.05) is 0 Å². The molecule has 102 valence electrons. The van der Waals surface area contributed by atoms with E-state index < -0.39 is 11.5 Å². The van der Waals surface area contributed by atoms with Crippen LogP contribution in [0.4, 0.5) is 14.5 Å². The van der Waals surface area contributed by atoms with Gasteiger partial charge < -0.3 is 16.2 Å². The molecule has 0 aliphatic rings. The first-order valence-corrected chi connectivity index (χ1v) is 4.75. The van der Waals surface area contributed by atoms with Crippen LogP contribution in [0.25, 0.3) is 0 Å². The van der Waals surface area contributed by atoms with Crippen molar-refractivity contribution in [2.24, 2.45) is 21.7 Å². The van der Waals surface area contributed by atoms with Gasteiger partial charge in [0.15, 0.2) is 0 Å². The van der Waals surface area contributed by atoms with Crippen LogP contribution in [0.15, 0.2) is 28.4 Å². The third-order valence-electron chi connectivity index (χ3n) is 1.79. The molecule has 0 saturated carbocycles. The average molecular weight is 273 g/mol. The smallest absolute Gasteiger partial charge is 0.387 e. The monoisotopic (exact) mass is 273 g/mol. The highest BCUT2D eigenvalue weighted by molar-refractivity contribution is 5.85. The number of halogens is 2. The lowest BCUT2D eigenvalue weighted by Crippen LogP contribution is -2.21. The van der Waals surface area contributed by atoms with Crippen LogP contribution in [-0.4, -0.2) is 23.7 Å². The number of hydrogen-bond acceptors (Lipinski definition) is 5. The summed E-state index contributed by atoms with van der Waals surface area (Å²) in [5, 5.41) is 17.2. The number of alkyl halides is 2. The fourth-order valence-corrected chi connectivity index (χ4v) is 1.11. The topological polar surface area (TPSA) is 129 Å². The van der Waals surface area contributed by atoms with Crippen LogP contribution in [0, 0.1) is 10.1 Å². The molecule has 8 nitrogen and oxygen atoms in total. The summed E-state index contributed by atoms with van der Waals surface area (Å²) in [5.41, 5.74) is 9.65. The third kappa shape index (κ3) is 4.53. The van der Waals surface area contributed by atoms with E-state index in [-0.39, 0.29) is 23.0 Å². The quantitative estimate of drug-likeness (QED) is 0.355. The molecule has 0 atom stereocenters. The Morgan fingerprint density at radius 3 is 2.68 bits per heavy atom. The van der Waals surface area contributed by atoms with Gasteiger partial charge in [-0.25, -0.2) is 0 Å². The summed E-state index contributed by atoms with van der Waals surface area (Å²) >= 11 is 0. The molecular formula is C9H9F2N5O3. The first kappa shape index (κ1) is 14.3. The summed E-state index contributed by atoms with van der Waals surface area (Å²) in [6, 6.07) is 3.06. The van der Waals surface area contributed by atoms with Gasteiger partial charge in [-0.05, 0) is 6.07 Å². The van der Waals surface area contributed by atoms with Crippen LogP contribution >= 0.6 is 0 Å². The fourth-order valence-electron chi connectivity index (χ4n) is 1.11. The summed E-state index contributed by atoms with van der Waals surface area (Å²) in [6.07, 6.45) is 0.963. The zero-order valence-electron chi connectivity index (χ0n) is 9.36. The maximum Gasteiger partial charge on any atom is 0.387 e. The normalized spacial score (nSPS) is 10.7. The van der Waals surface area contributed by atoms with Gasteiger partial charge in [0.25, 0.3) is 5.69 Å². The average Bonchev–Trinajstić information content (AvgIpc) is 2.29. The van der Waals surface area contributed by atoms with E-state index >= 15 is 0 Å². The molecule has 0 unspecified atom stereocenters.